The molecule has 92 valence electrons. The lowest BCUT2D eigenvalue weighted by atomic mass is 10.3. The number of carbonyl (C=O) groups is 1. The highest BCUT2D eigenvalue weighted by molar-refractivity contribution is 14.1. The predicted molar refractivity (Wildman–Crippen MR) is 81.9 cm³/mol. The van der Waals surface area contributed by atoms with E-state index < -0.39 is 0 Å². The highest BCUT2D eigenvalue weighted by atomic mass is 127. The Morgan fingerprint density at radius 2 is 2.11 bits per heavy atom. The van der Waals surface area contributed by atoms with Crippen LogP contribution in [0.4, 0.5) is 5.69 Å². The van der Waals surface area contributed by atoms with Crippen LogP contribution in [-0.4, -0.2) is 15.9 Å². The summed E-state index contributed by atoms with van der Waals surface area (Å²) < 4.78 is 1.83. The van der Waals surface area contributed by atoms with Crippen LogP contribution in [0.1, 0.15) is 10.5 Å². The maximum atomic E-state index is 11.9. The minimum Gasteiger partial charge on any atom is -0.320 e. The third-order valence-corrected chi connectivity index (χ3v) is 3.59. The Bertz CT molecular complexity index is 591. The van der Waals surface area contributed by atoms with Gasteiger partial charge in [0.1, 0.15) is 10.8 Å². The quantitative estimate of drug-likeness (QED) is 0.727. The van der Waals surface area contributed by atoms with Gasteiger partial charge in [0.15, 0.2) is 0 Å². The molecule has 1 heterocycles. The number of amides is 1. The number of aromatic nitrogens is 2. The molecule has 0 saturated heterocycles. The van der Waals surface area contributed by atoms with E-state index in [9.17, 15) is 4.79 Å². The van der Waals surface area contributed by atoms with Gasteiger partial charge in [0.2, 0.25) is 0 Å². The first-order valence-electron chi connectivity index (χ1n) is 4.80. The molecule has 0 radical (unpaired) electrons. The third-order valence-electron chi connectivity index (χ3n) is 2.03. The van der Waals surface area contributed by atoms with Crippen LogP contribution in [0.25, 0.3) is 0 Å². The summed E-state index contributed by atoms with van der Waals surface area (Å²) in [6.45, 7) is 0. The van der Waals surface area contributed by atoms with Crippen LogP contribution in [-0.2, 0) is 0 Å². The standard InChI is InChI=1S/C11H6BrClIN3O/c12-7-2-1-6(14)3-8(7)17-11(18)9-4-16-10(13)5-15-9/h1-5H,(H,17,18). The number of hydrogen-bond donors (Lipinski definition) is 1. The molecule has 4 nitrogen and oxygen atoms in total. The van der Waals surface area contributed by atoms with Crippen molar-refractivity contribution < 1.29 is 4.79 Å². The van der Waals surface area contributed by atoms with E-state index in [-0.39, 0.29) is 16.8 Å². The first kappa shape index (κ1) is 13.7. The number of nitrogens with one attached hydrogen (secondary N) is 1. The second-order valence-corrected chi connectivity index (χ2v) is 5.79. The number of anilines is 1. The highest BCUT2D eigenvalue weighted by Gasteiger charge is 2.10. The van der Waals surface area contributed by atoms with E-state index in [4.69, 9.17) is 11.6 Å². The first-order valence-corrected chi connectivity index (χ1v) is 7.05. The van der Waals surface area contributed by atoms with Gasteiger partial charge in [0, 0.05) is 8.04 Å². The van der Waals surface area contributed by atoms with Gasteiger partial charge >= 0.3 is 0 Å². The normalized spacial score (nSPS) is 10.2. The number of hydrogen-bond acceptors (Lipinski definition) is 3. The molecular weight excluding hydrogens is 432 g/mol. The average Bonchev–Trinajstić information content (AvgIpc) is 2.34. The fraction of sp³-hybridized carbons (Fsp3) is 0. The SMILES string of the molecule is O=C(Nc1cc(I)ccc1Br)c1cnc(Cl)cn1. The number of benzene rings is 1. The molecule has 2 rings (SSSR count). The van der Waals surface area contributed by atoms with Crippen molar-refractivity contribution in [2.75, 3.05) is 5.32 Å². The summed E-state index contributed by atoms with van der Waals surface area (Å²) in [5.74, 6) is -0.332. The Labute approximate surface area is 130 Å². The van der Waals surface area contributed by atoms with E-state index in [1.54, 1.807) is 0 Å². The Morgan fingerprint density at radius 1 is 1.33 bits per heavy atom. The van der Waals surface area contributed by atoms with Gasteiger partial charge in [-0.05, 0) is 56.7 Å². The molecule has 0 unspecified atom stereocenters. The van der Waals surface area contributed by atoms with E-state index >= 15 is 0 Å². The summed E-state index contributed by atoms with van der Waals surface area (Å²) >= 11 is 11.1. The lowest BCUT2D eigenvalue weighted by Gasteiger charge is -2.07. The van der Waals surface area contributed by atoms with E-state index in [1.165, 1.54) is 12.4 Å². The van der Waals surface area contributed by atoms with Gasteiger partial charge in [-0.2, -0.15) is 0 Å². The fourth-order valence-electron chi connectivity index (χ4n) is 1.21. The highest BCUT2D eigenvalue weighted by Crippen LogP contribution is 2.24. The molecular formula is C11H6BrClIN3O. The molecule has 0 fully saturated rings. The van der Waals surface area contributed by atoms with Crippen LogP contribution < -0.4 is 5.32 Å². The molecule has 18 heavy (non-hydrogen) atoms. The van der Waals surface area contributed by atoms with Gasteiger partial charge < -0.3 is 5.32 Å². The van der Waals surface area contributed by atoms with Gasteiger partial charge in [0.05, 0.1) is 18.1 Å². The molecule has 1 amide bonds. The summed E-state index contributed by atoms with van der Waals surface area (Å²) in [6, 6.07) is 5.65. The lowest BCUT2D eigenvalue weighted by Crippen LogP contribution is -2.14. The third kappa shape index (κ3) is 3.39. The second-order valence-electron chi connectivity index (χ2n) is 3.30. The van der Waals surface area contributed by atoms with E-state index in [0.29, 0.717) is 5.69 Å². The van der Waals surface area contributed by atoms with Crippen molar-refractivity contribution in [3.63, 3.8) is 0 Å². The van der Waals surface area contributed by atoms with Gasteiger partial charge in [-0.3, -0.25) is 4.79 Å². The molecule has 0 atom stereocenters. The smallest absolute Gasteiger partial charge is 0.275 e. The van der Waals surface area contributed by atoms with Crippen molar-refractivity contribution in [1.82, 2.24) is 9.97 Å². The topological polar surface area (TPSA) is 54.9 Å². The van der Waals surface area contributed by atoms with Crippen LogP contribution in [0.3, 0.4) is 0 Å². The number of halogens is 3. The summed E-state index contributed by atoms with van der Waals surface area (Å²) in [4.78, 5) is 19.6. The largest absolute Gasteiger partial charge is 0.320 e. The number of nitrogens with zero attached hydrogens (tertiary/aromatic N) is 2. The summed E-state index contributed by atoms with van der Waals surface area (Å²) in [5.41, 5.74) is 0.897. The molecule has 1 aromatic heterocycles. The molecule has 0 bridgehead atoms. The molecule has 1 N–H and O–H groups in total. The molecule has 0 aliphatic heterocycles. The molecule has 2 aromatic rings. The second kappa shape index (κ2) is 5.94. The Kier molecular flexibility index (Phi) is 4.52. The van der Waals surface area contributed by atoms with Crippen molar-refractivity contribution in [3.8, 4) is 0 Å². The molecule has 1 aromatic carbocycles. The van der Waals surface area contributed by atoms with Gasteiger partial charge in [-0.15, -0.1) is 0 Å². The zero-order valence-corrected chi connectivity index (χ0v) is 13.3. The average molecular weight is 438 g/mol. The van der Waals surface area contributed by atoms with Crippen LogP contribution in [0, 0.1) is 3.57 Å². The zero-order valence-electron chi connectivity index (χ0n) is 8.82. The Morgan fingerprint density at radius 3 is 2.78 bits per heavy atom. The summed E-state index contributed by atoms with van der Waals surface area (Å²) in [6.07, 6.45) is 2.67. The van der Waals surface area contributed by atoms with Crippen molar-refractivity contribution in [2.45, 2.75) is 0 Å². The van der Waals surface area contributed by atoms with Crippen molar-refractivity contribution in [2.24, 2.45) is 0 Å². The molecule has 0 spiro atoms. The van der Waals surface area contributed by atoms with Crippen LogP contribution in [0.5, 0.6) is 0 Å². The molecule has 7 heteroatoms. The number of rotatable bonds is 2. The minimum absolute atomic E-state index is 0.213. The van der Waals surface area contributed by atoms with Gasteiger partial charge in [0.25, 0.3) is 5.91 Å². The molecule has 0 aliphatic carbocycles. The zero-order chi connectivity index (χ0) is 13.1. The summed E-state index contributed by atoms with van der Waals surface area (Å²) in [5, 5.41) is 3.00. The molecule has 0 saturated carbocycles. The summed E-state index contributed by atoms with van der Waals surface area (Å²) in [7, 11) is 0. The van der Waals surface area contributed by atoms with Crippen molar-refractivity contribution in [1.29, 1.82) is 0 Å². The first-order chi connectivity index (χ1) is 8.56. The van der Waals surface area contributed by atoms with Crippen LogP contribution in [0.15, 0.2) is 35.1 Å². The van der Waals surface area contributed by atoms with Gasteiger partial charge in [-0.1, -0.05) is 11.6 Å². The van der Waals surface area contributed by atoms with E-state index in [2.05, 4.69) is 53.8 Å². The predicted octanol–water partition coefficient (Wildman–Crippen LogP) is 3.75. The van der Waals surface area contributed by atoms with E-state index in [0.717, 1.165) is 8.04 Å². The fourth-order valence-corrected chi connectivity index (χ4v) is 2.14. The van der Waals surface area contributed by atoms with Crippen LogP contribution >= 0.6 is 50.1 Å². The Hall–Kier alpha value is -0.730. The van der Waals surface area contributed by atoms with Crippen LogP contribution in [0.2, 0.25) is 5.15 Å². The molecule has 0 aliphatic rings. The maximum absolute atomic E-state index is 11.9. The van der Waals surface area contributed by atoms with Crippen molar-refractivity contribution in [3.05, 3.63) is 49.5 Å². The Balaban J connectivity index is 2.21. The lowest BCUT2D eigenvalue weighted by molar-refractivity contribution is 0.102. The minimum atomic E-state index is -0.332. The monoisotopic (exact) mass is 437 g/mol. The maximum Gasteiger partial charge on any atom is 0.275 e. The van der Waals surface area contributed by atoms with E-state index in [1.807, 2.05) is 18.2 Å². The van der Waals surface area contributed by atoms with Gasteiger partial charge in [-0.25, -0.2) is 9.97 Å². The van der Waals surface area contributed by atoms with Crippen molar-refractivity contribution >= 4 is 61.7 Å². The number of carbonyl (C=O) groups excluding carboxylic acids is 1.